The summed E-state index contributed by atoms with van der Waals surface area (Å²) in [6.07, 6.45) is 0. The van der Waals surface area contributed by atoms with Crippen LogP contribution in [0.4, 0.5) is 23.0 Å². The number of aryl methyl sites for hydroxylation is 1. The highest BCUT2D eigenvalue weighted by atomic mass is 16.1. The molecule has 1 amide bonds. The van der Waals surface area contributed by atoms with Crippen molar-refractivity contribution in [2.24, 2.45) is 0 Å². The van der Waals surface area contributed by atoms with Gasteiger partial charge < -0.3 is 16.4 Å². The van der Waals surface area contributed by atoms with Gasteiger partial charge in [-0.3, -0.25) is 4.79 Å². The summed E-state index contributed by atoms with van der Waals surface area (Å²) in [5.41, 5.74) is 12.2. The molecule has 0 aliphatic carbocycles. The number of hydrogen-bond acceptors (Lipinski definition) is 5. The van der Waals surface area contributed by atoms with E-state index in [0.29, 0.717) is 22.9 Å². The number of fused-ring (bicyclic) bond motifs is 1. The highest BCUT2D eigenvalue weighted by Crippen LogP contribution is 2.28. The SMILES string of the molecule is Cc1ccc(N)cc1NC(=O)c1ccc(Nc2nc(-c3ccccc3)c3ccccc3n2)cc1. The molecule has 34 heavy (non-hydrogen) atoms. The molecule has 0 aliphatic rings. The fraction of sp³-hybridized carbons (Fsp3) is 0.0357. The first-order valence-electron chi connectivity index (χ1n) is 10.9. The zero-order chi connectivity index (χ0) is 23.5. The van der Waals surface area contributed by atoms with Crippen LogP contribution in [0.5, 0.6) is 0 Å². The number of carbonyl (C=O) groups excluding carboxylic acids is 1. The lowest BCUT2D eigenvalue weighted by atomic mass is 10.1. The van der Waals surface area contributed by atoms with E-state index in [4.69, 9.17) is 10.7 Å². The summed E-state index contributed by atoms with van der Waals surface area (Å²) in [5, 5.41) is 7.18. The quantitative estimate of drug-likeness (QED) is 0.281. The van der Waals surface area contributed by atoms with Crippen molar-refractivity contribution in [2.75, 3.05) is 16.4 Å². The van der Waals surface area contributed by atoms with Gasteiger partial charge in [-0.2, -0.15) is 0 Å². The lowest BCUT2D eigenvalue weighted by Crippen LogP contribution is -2.13. The molecule has 166 valence electrons. The van der Waals surface area contributed by atoms with Gasteiger partial charge >= 0.3 is 0 Å². The molecule has 0 saturated carbocycles. The van der Waals surface area contributed by atoms with Gasteiger partial charge in [-0.25, -0.2) is 9.97 Å². The van der Waals surface area contributed by atoms with Crippen molar-refractivity contribution in [2.45, 2.75) is 6.92 Å². The van der Waals surface area contributed by atoms with E-state index in [9.17, 15) is 4.79 Å². The molecule has 4 aromatic carbocycles. The van der Waals surface area contributed by atoms with Crippen molar-refractivity contribution in [3.05, 3.63) is 108 Å². The summed E-state index contributed by atoms with van der Waals surface area (Å²) < 4.78 is 0. The second-order valence-corrected chi connectivity index (χ2v) is 8.01. The molecule has 5 aromatic rings. The second-order valence-electron chi connectivity index (χ2n) is 8.01. The molecule has 0 atom stereocenters. The Morgan fingerprint density at radius 2 is 1.56 bits per heavy atom. The Bertz CT molecular complexity index is 1480. The molecule has 0 unspecified atom stereocenters. The molecule has 0 fully saturated rings. The average molecular weight is 446 g/mol. The van der Waals surface area contributed by atoms with Crippen LogP contribution in [0.15, 0.2) is 97.1 Å². The maximum Gasteiger partial charge on any atom is 0.255 e. The molecule has 1 aromatic heterocycles. The molecule has 1 heterocycles. The number of nitrogens with zero attached hydrogens (tertiary/aromatic N) is 2. The predicted molar refractivity (Wildman–Crippen MR) is 138 cm³/mol. The summed E-state index contributed by atoms with van der Waals surface area (Å²) in [7, 11) is 0. The fourth-order valence-corrected chi connectivity index (χ4v) is 3.75. The lowest BCUT2D eigenvalue weighted by Gasteiger charge is -2.12. The molecule has 0 radical (unpaired) electrons. The van der Waals surface area contributed by atoms with Crippen molar-refractivity contribution >= 4 is 39.8 Å². The topological polar surface area (TPSA) is 92.9 Å². The summed E-state index contributed by atoms with van der Waals surface area (Å²) in [4.78, 5) is 22.2. The summed E-state index contributed by atoms with van der Waals surface area (Å²) in [5.74, 6) is 0.290. The Labute approximate surface area is 197 Å². The minimum atomic E-state index is -0.200. The Morgan fingerprint density at radius 3 is 2.35 bits per heavy atom. The van der Waals surface area contributed by atoms with E-state index >= 15 is 0 Å². The molecule has 0 bridgehead atoms. The van der Waals surface area contributed by atoms with Gasteiger partial charge in [-0.1, -0.05) is 54.6 Å². The third-order valence-corrected chi connectivity index (χ3v) is 5.56. The number of anilines is 4. The molecule has 0 saturated heterocycles. The van der Waals surface area contributed by atoms with Crippen LogP contribution in [-0.4, -0.2) is 15.9 Å². The monoisotopic (exact) mass is 445 g/mol. The van der Waals surface area contributed by atoms with Crippen molar-refractivity contribution < 1.29 is 4.79 Å². The first-order valence-corrected chi connectivity index (χ1v) is 10.9. The molecule has 6 heteroatoms. The molecule has 5 rings (SSSR count). The van der Waals surface area contributed by atoms with Gasteiger partial charge in [0.1, 0.15) is 0 Å². The standard InChI is InChI=1S/C28H23N5O/c1-18-11-14-21(29)17-25(18)31-27(34)20-12-15-22(16-13-20)30-28-32-24-10-6-5-9-23(24)26(33-28)19-7-3-2-4-8-19/h2-17H,29H2,1H3,(H,31,34)(H,30,32,33). The number of aromatic nitrogens is 2. The zero-order valence-corrected chi connectivity index (χ0v) is 18.6. The number of para-hydroxylation sites is 1. The van der Waals surface area contributed by atoms with Crippen LogP contribution in [0, 0.1) is 6.92 Å². The third kappa shape index (κ3) is 4.42. The number of nitrogen functional groups attached to an aromatic ring is 1. The van der Waals surface area contributed by atoms with Gasteiger partial charge in [-0.05, 0) is 55.0 Å². The fourth-order valence-electron chi connectivity index (χ4n) is 3.75. The number of benzene rings is 4. The van der Waals surface area contributed by atoms with Crippen LogP contribution in [0.1, 0.15) is 15.9 Å². The summed E-state index contributed by atoms with van der Waals surface area (Å²) in [6, 6.07) is 30.6. The Balaban J connectivity index is 1.39. The molecule has 0 aliphatic heterocycles. The summed E-state index contributed by atoms with van der Waals surface area (Å²) >= 11 is 0. The normalized spacial score (nSPS) is 10.7. The van der Waals surface area contributed by atoms with Gasteiger partial charge in [0, 0.05) is 33.6 Å². The van der Waals surface area contributed by atoms with Crippen molar-refractivity contribution in [1.29, 1.82) is 0 Å². The van der Waals surface area contributed by atoms with Gasteiger partial charge in [0.15, 0.2) is 0 Å². The average Bonchev–Trinajstić information content (AvgIpc) is 2.87. The molecule has 0 spiro atoms. The number of nitrogens with two attached hydrogens (primary N) is 1. The van der Waals surface area contributed by atoms with E-state index in [1.807, 2.05) is 85.8 Å². The minimum Gasteiger partial charge on any atom is -0.399 e. The van der Waals surface area contributed by atoms with E-state index in [0.717, 1.165) is 33.4 Å². The van der Waals surface area contributed by atoms with E-state index in [2.05, 4.69) is 15.6 Å². The highest BCUT2D eigenvalue weighted by molar-refractivity contribution is 6.05. The molecular formula is C28H23N5O. The molecule has 4 N–H and O–H groups in total. The molecular weight excluding hydrogens is 422 g/mol. The van der Waals surface area contributed by atoms with Crippen LogP contribution >= 0.6 is 0 Å². The van der Waals surface area contributed by atoms with Gasteiger partial charge in [0.05, 0.1) is 11.2 Å². The van der Waals surface area contributed by atoms with E-state index in [1.54, 1.807) is 18.2 Å². The van der Waals surface area contributed by atoms with Crippen LogP contribution in [0.25, 0.3) is 22.2 Å². The third-order valence-electron chi connectivity index (χ3n) is 5.56. The van der Waals surface area contributed by atoms with E-state index < -0.39 is 0 Å². The van der Waals surface area contributed by atoms with Crippen molar-refractivity contribution in [3.8, 4) is 11.3 Å². The maximum absolute atomic E-state index is 12.7. The van der Waals surface area contributed by atoms with Gasteiger partial charge in [-0.15, -0.1) is 0 Å². The number of rotatable bonds is 5. The van der Waals surface area contributed by atoms with E-state index in [1.165, 1.54) is 0 Å². The van der Waals surface area contributed by atoms with Crippen LogP contribution in [-0.2, 0) is 0 Å². The van der Waals surface area contributed by atoms with Crippen molar-refractivity contribution in [3.63, 3.8) is 0 Å². The Hall–Kier alpha value is -4.71. The Morgan fingerprint density at radius 1 is 0.824 bits per heavy atom. The molecule has 6 nitrogen and oxygen atoms in total. The Kier molecular flexibility index (Phi) is 5.62. The first-order chi connectivity index (χ1) is 16.6. The maximum atomic E-state index is 12.7. The van der Waals surface area contributed by atoms with Crippen LogP contribution < -0.4 is 16.4 Å². The smallest absolute Gasteiger partial charge is 0.255 e. The summed E-state index contributed by atoms with van der Waals surface area (Å²) in [6.45, 7) is 1.93. The lowest BCUT2D eigenvalue weighted by molar-refractivity contribution is 0.102. The largest absolute Gasteiger partial charge is 0.399 e. The van der Waals surface area contributed by atoms with Gasteiger partial charge in [0.25, 0.3) is 5.91 Å². The number of hydrogen-bond donors (Lipinski definition) is 3. The first kappa shape index (κ1) is 21.2. The number of carbonyl (C=O) groups is 1. The minimum absolute atomic E-state index is 0.200. The predicted octanol–water partition coefficient (Wildman–Crippen LogP) is 6.18. The van der Waals surface area contributed by atoms with Crippen LogP contribution in [0.3, 0.4) is 0 Å². The van der Waals surface area contributed by atoms with E-state index in [-0.39, 0.29) is 5.91 Å². The highest BCUT2D eigenvalue weighted by Gasteiger charge is 2.11. The number of amides is 1. The zero-order valence-electron chi connectivity index (χ0n) is 18.6. The van der Waals surface area contributed by atoms with Gasteiger partial charge in [0.2, 0.25) is 5.95 Å². The van der Waals surface area contributed by atoms with Crippen molar-refractivity contribution in [1.82, 2.24) is 9.97 Å². The second kappa shape index (κ2) is 9.03. The van der Waals surface area contributed by atoms with Crippen LogP contribution in [0.2, 0.25) is 0 Å². The number of nitrogens with one attached hydrogen (secondary N) is 2.